The fourth-order valence-electron chi connectivity index (χ4n) is 16.0. The van der Waals surface area contributed by atoms with Crippen LogP contribution in [0.25, 0.3) is 55.5 Å². The standard InChI is InChI=1S/C24H23ClF2N6O.C24H24F2N6O.C20H21F2N4O.C17H17F2N5.3CH3.Sn/c1-34-17-4-2-15(3-5-17)13-33-19-8-11-28-23(31-16-6-9-24(26,27)10-7-16)21(19)22(32-33)18-12-20(25)30-14-29-18;1-33-18-4-2-16(3-5-18)14-32-20-9-13-28-23(30-17-6-10-24(25,26)11-7-17)21(20)22(31-32)19-8-12-27-15-29-19;1-27-16-4-2-14(3-5-16)13-26-18-8-11-23-19(17(18)12-24-26)25-15-6-9-20(21,22)10-7-15;18-17(19)5-1-12(2-6-17)24-16-14-11(3-8-21-16)9-22-15(14)13-4-7-20-10-23-13;;;;/h2-5,8,11-12,14,16H,6-7,9-10,13H2,1H3,(H,28,31);2-5,8-9,12-13,15,17H,6-7,10-11,14H2,1H3,(H,28,30);2-5,8,11,15H,6-7,9-10,13H2,1H3,(H,23,25);3-4,7-8,10,12H,1-2,5-6,9H2,(H,21,24);3*1H3;. The van der Waals surface area contributed by atoms with Crippen molar-refractivity contribution in [3.05, 3.63) is 210 Å². The Morgan fingerprint density at radius 2 is 0.746 bits per heavy atom. The normalized spacial score (nSPS) is 17.0. The summed E-state index contributed by atoms with van der Waals surface area (Å²) in [4.78, 5) is 54.7. The molecule has 1 aliphatic heterocycles. The molecule has 3 aromatic carbocycles. The van der Waals surface area contributed by atoms with Crippen molar-refractivity contribution >= 4 is 95.4 Å². The van der Waals surface area contributed by atoms with Crippen LogP contribution in [-0.4, -0.2) is 172 Å². The number of aromatic nitrogens is 16. The third kappa shape index (κ3) is 20.9. The van der Waals surface area contributed by atoms with Gasteiger partial charge in [0.15, 0.2) is 0 Å². The second-order valence-corrected chi connectivity index (χ2v) is 46.9. The molecule has 0 atom stereocenters. The van der Waals surface area contributed by atoms with Gasteiger partial charge in [-0.25, -0.2) is 71.2 Å². The molecule has 0 unspecified atom stereocenters. The smallest absolute Gasteiger partial charge is 0.248 e. The van der Waals surface area contributed by atoms with Crippen molar-refractivity contribution in [1.29, 1.82) is 0 Å². The van der Waals surface area contributed by atoms with Gasteiger partial charge in [0.1, 0.15) is 64.5 Å². The van der Waals surface area contributed by atoms with Crippen LogP contribution in [0.15, 0.2) is 176 Å². The van der Waals surface area contributed by atoms with Gasteiger partial charge in [0.25, 0.3) is 0 Å². The van der Waals surface area contributed by atoms with Gasteiger partial charge in [-0.3, -0.25) is 14.4 Å². The molecule has 0 radical (unpaired) electrons. The minimum Gasteiger partial charge on any atom is -0.497 e. The number of halogens is 9. The average Bonchev–Trinajstić information content (AvgIpc) is 1.61. The number of alkyl halides is 8. The van der Waals surface area contributed by atoms with Crippen LogP contribution in [0.3, 0.4) is 0 Å². The van der Waals surface area contributed by atoms with E-state index in [-0.39, 0.29) is 75.5 Å². The van der Waals surface area contributed by atoms with Crippen LogP contribution >= 0.6 is 11.6 Å². The van der Waals surface area contributed by atoms with Crippen LogP contribution < -0.4 is 39.2 Å². The number of fused-ring (bicyclic) bond motifs is 4. The van der Waals surface area contributed by atoms with Crippen molar-refractivity contribution in [3.8, 4) is 40.0 Å². The number of nitrogens with one attached hydrogen (secondary N) is 4. The van der Waals surface area contributed by atoms with Crippen LogP contribution in [0, 0.1) is 0 Å². The minimum absolute atomic E-state index is 0.0101. The first-order chi connectivity index (χ1) is 58.7. The number of aliphatic imine (C=N–C) groups is 1. The van der Waals surface area contributed by atoms with E-state index in [0.717, 1.165) is 98.7 Å². The molecule has 13 aromatic rings. The molecule has 122 heavy (non-hydrogen) atoms. The van der Waals surface area contributed by atoms with Crippen LogP contribution in [0.4, 0.5) is 58.4 Å². The third-order valence-corrected chi connectivity index (χ3v) is 27.9. The zero-order valence-corrected chi connectivity index (χ0v) is 72.0. The Morgan fingerprint density at radius 3 is 1.13 bits per heavy atom. The van der Waals surface area contributed by atoms with Gasteiger partial charge < -0.3 is 25.4 Å². The van der Waals surface area contributed by atoms with Gasteiger partial charge in [0.2, 0.25) is 17.8 Å². The summed E-state index contributed by atoms with van der Waals surface area (Å²) < 4.78 is 131. The molecule has 0 bridgehead atoms. The Labute approximate surface area is 708 Å². The van der Waals surface area contributed by atoms with Gasteiger partial charge in [-0.15, -0.1) is 0 Å². The number of hydrogen-bond donors (Lipinski definition) is 4. The Kier molecular flexibility index (Phi) is 26.1. The van der Waals surface area contributed by atoms with Gasteiger partial charge in [0, 0.05) is 99.3 Å². The molecule has 4 fully saturated rings. The molecule has 5 aliphatic rings. The second kappa shape index (κ2) is 37.2. The summed E-state index contributed by atoms with van der Waals surface area (Å²) in [7, 11) is 4.93. The first-order valence-electron chi connectivity index (χ1n) is 40.8. The molecule has 4 saturated carbocycles. The van der Waals surface area contributed by atoms with Gasteiger partial charge in [-0.2, -0.15) is 10.2 Å². The summed E-state index contributed by atoms with van der Waals surface area (Å²) in [6.07, 6.45) is 17.2. The largest absolute Gasteiger partial charge is 0.497 e. The van der Waals surface area contributed by atoms with E-state index >= 15 is 0 Å². The first kappa shape index (κ1) is 85.7. The molecule has 24 nitrogen and oxygen atoms in total. The number of hydrogen-bond acceptors (Lipinski definition) is 21. The number of methoxy groups -OCH3 is 3. The fraction of sp³-hybridized carbons (Fsp3) is 0.386. The van der Waals surface area contributed by atoms with Crippen molar-refractivity contribution in [1.82, 2.24) is 79.2 Å². The maximum absolute atomic E-state index is 13.7. The zero-order chi connectivity index (χ0) is 85.3. The molecule has 18 rings (SSSR count). The van der Waals surface area contributed by atoms with E-state index in [1.54, 1.807) is 70.6 Å². The van der Waals surface area contributed by atoms with E-state index in [1.807, 2.05) is 100 Å². The van der Waals surface area contributed by atoms with Gasteiger partial charge >= 0.3 is 186 Å². The van der Waals surface area contributed by atoms with Crippen LogP contribution in [-0.2, 0) is 26.2 Å². The Hall–Kier alpha value is -11.3. The van der Waals surface area contributed by atoms with Crippen LogP contribution in [0.1, 0.15) is 136 Å². The Morgan fingerprint density at radius 1 is 0.393 bits per heavy atom. The molecule has 4 N–H and O–H groups in total. The number of benzene rings is 3. The van der Waals surface area contributed by atoms with E-state index in [2.05, 4.69) is 108 Å². The van der Waals surface area contributed by atoms with Crippen molar-refractivity contribution in [2.24, 2.45) is 4.99 Å². The minimum atomic E-state index is -2.59. The Bertz CT molecular complexity index is 5750. The quantitative estimate of drug-likeness (QED) is 0.0296. The molecule has 11 heterocycles. The van der Waals surface area contributed by atoms with Crippen LogP contribution in [0.2, 0.25) is 20.0 Å². The average molecular weight is 1800 g/mol. The molecule has 636 valence electrons. The molecular formula is C88H94ClF8N21O3Sn. The van der Waals surface area contributed by atoms with E-state index < -0.39 is 42.1 Å². The number of nitrogens with zero attached hydrogens (tertiary/aromatic N) is 17. The van der Waals surface area contributed by atoms with E-state index in [9.17, 15) is 35.1 Å². The predicted molar refractivity (Wildman–Crippen MR) is 458 cm³/mol. The second-order valence-electron chi connectivity index (χ2n) is 32.3. The van der Waals surface area contributed by atoms with Crippen molar-refractivity contribution in [2.45, 2.75) is 192 Å². The summed E-state index contributed by atoms with van der Waals surface area (Å²) in [5, 5.41) is 31.4. The van der Waals surface area contributed by atoms with E-state index in [1.165, 1.54) is 19.0 Å². The van der Waals surface area contributed by atoms with Gasteiger partial charge in [-0.05, 0) is 110 Å². The molecule has 4 aliphatic carbocycles. The van der Waals surface area contributed by atoms with E-state index in [0.29, 0.717) is 123 Å². The van der Waals surface area contributed by atoms with Gasteiger partial charge in [-0.1, -0.05) is 35.9 Å². The molecule has 34 heteroatoms. The topological polar surface area (TPSA) is 271 Å². The maximum atomic E-state index is 13.7. The number of pyridine rings is 4. The van der Waals surface area contributed by atoms with Crippen molar-refractivity contribution < 1.29 is 49.3 Å². The summed E-state index contributed by atoms with van der Waals surface area (Å²) in [5.41, 5.74) is 12.1. The molecule has 0 amide bonds. The summed E-state index contributed by atoms with van der Waals surface area (Å²) in [6, 6.07) is 36.5. The zero-order valence-electron chi connectivity index (χ0n) is 68.3. The van der Waals surface area contributed by atoms with Crippen molar-refractivity contribution in [2.75, 3.05) is 42.6 Å². The molecule has 10 aromatic heterocycles. The Balaban J connectivity index is 0.000000127. The number of anilines is 4. The SMILES string of the molecule is COc1ccc(Cn2n[c]([Sn]([CH3])([CH3])[CH3])c3c(NC4CCC(F)(F)CC4)nccc32)cc1.COc1ccc(Cn2nc(-c3cc(Cl)ncn3)c3c(NC4CCC(F)(F)CC4)nccc32)cc1.COc1ccc(Cn2nc(-c3ccncn3)c3c(NC4CCC(F)(F)CC4)nccc32)cc1.FC1(F)CCC(Nc2nccc3c2C(c2ccncn2)=NC3)CC1. The van der Waals surface area contributed by atoms with Gasteiger partial charge in [0.05, 0.1) is 78.5 Å². The molecular weight excluding hydrogens is 1710 g/mol. The maximum Gasteiger partial charge on any atom is 0.248 e. The first-order valence-corrected chi connectivity index (χ1v) is 51.2. The number of ether oxygens (including phenoxy) is 3. The monoisotopic (exact) mass is 1800 g/mol. The van der Waals surface area contributed by atoms with E-state index in [4.69, 9.17) is 41.1 Å². The number of rotatable bonds is 21. The fourth-order valence-corrected chi connectivity index (χ4v) is 20.1. The summed E-state index contributed by atoms with van der Waals surface area (Å²) >= 11 is 3.54. The molecule has 0 saturated heterocycles. The van der Waals surface area contributed by atoms with Crippen LogP contribution in [0.5, 0.6) is 17.2 Å². The predicted octanol–water partition coefficient (Wildman–Crippen LogP) is 18.8. The third-order valence-electron chi connectivity index (χ3n) is 22.6. The summed E-state index contributed by atoms with van der Waals surface area (Å²) in [6.45, 7) is 2.29. The molecule has 0 spiro atoms. The summed E-state index contributed by atoms with van der Waals surface area (Å²) in [5.74, 6) is -5.11. The van der Waals surface area contributed by atoms with Crippen molar-refractivity contribution in [3.63, 3.8) is 0 Å².